The van der Waals surface area contributed by atoms with Gasteiger partial charge < -0.3 is 15.5 Å². The summed E-state index contributed by atoms with van der Waals surface area (Å²) in [5.74, 6) is -1.01. The summed E-state index contributed by atoms with van der Waals surface area (Å²) < 4.78 is 0. The maximum Gasteiger partial charge on any atom is 0.251 e. The summed E-state index contributed by atoms with van der Waals surface area (Å²) in [5, 5.41) is 5.69. The first kappa shape index (κ1) is 23.1. The minimum Gasteiger partial charge on any atom is -0.340 e. The SMILES string of the molecule is CCc1ccccc1NC(=O)CN(C)C(=O)C(NC(=O)c1cccc(C)c1)C(C)C. The third kappa shape index (κ3) is 6.17. The van der Waals surface area contributed by atoms with Crippen molar-refractivity contribution in [2.24, 2.45) is 5.92 Å². The Morgan fingerprint density at radius 1 is 1.03 bits per heavy atom. The highest BCUT2D eigenvalue weighted by atomic mass is 16.2. The van der Waals surface area contributed by atoms with Gasteiger partial charge in [-0.25, -0.2) is 0 Å². The number of nitrogens with one attached hydrogen (secondary N) is 2. The molecular weight excluding hydrogens is 378 g/mol. The molecule has 0 heterocycles. The van der Waals surface area contributed by atoms with Crippen LogP contribution < -0.4 is 10.6 Å². The molecule has 1 atom stereocenters. The molecule has 30 heavy (non-hydrogen) atoms. The fourth-order valence-electron chi connectivity index (χ4n) is 3.20. The molecule has 2 aromatic carbocycles. The summed E-state index contributed by atoms with van der Waals surface area (Å²) >= 11 is 0. The van der Waals surface area contributed by atoms with Crippen molar-refractivity contribution in [3.05, 3.63) is 65.2 Å². The lowest BCUT2D eigenvalue weighted by Crippen LogP contribution is -2.51. The molecule has 0 aliphatic heterocycles. The predicted octanol–water partition coefficient (Wildman–Crippen LogP) is 3.41. The molecule has 0 aliphatic rings. The molecule has 6 heteroatoms. The number of hydrogen-bond acceptors (Lipinski definition) is 3. The van der Waals surface area contributed by atoms with Crippen LogP contribution in [0.3, 0.4) is 0 Å². The van der Waals surface area contributed by atoms with Crippen LogP contribution >= 0.6 is 0 Å². The van der Waals surface area contributed by atoms with E-state index < -0.39 is 6.04 Å². The van der Waals surface area contributed by atoms with E-state index in [9.17, 15) is 14.4 Å². The van der Waals surface area contributed by atoms with Gasteiger partial charge >= 0.3 is 0 Å². The van der Waals surface area contributed by atoms with Crippen LogP contribution in [-0.2, 0) is 16.0 Å². The Morgan fingerprint density at radius 3 is 2.37 bits per heavy atom. The minimum atomic E-state index is -0.723. The molecule has 160 valence electrons. The second kappa shape index (κ2) is 10.6. The van der Waals surface area contributed by atoms with Crippen LogP contribution in [0.1, 0.15) is 42.3 Å². The van der Waals surface area contributed by atoms with Crippen molar-refractivity contribution in [1.29, 1.82) is 0 Å². The van der Waals surface area contributed by atoms with Gasteiger partial charge in [-0.3, -0.25) is 14.4 Å². The number of para-hydroxylation sites is 1. The molecule has 0 bridgehead atoms. The van der Waals surface area contributed by atoms with E-state index in [1.165, 1.54) is 4.90 Å². The topological polar surface area (TPSA) is 78.5 Å². The zero-order valence-electron chi connectivity index (χ0n) is 18.4. The molecule has 0 saturated carbocycles. The second-order valence-corrected chi connectivity index (χ2v) is 7.82. The number of benzene rings is 2. The standard InChI is InChI=1S/C24H31N3O3/c1-6-18-11-7-8-13-20(18)25-21(28)15-27(5)24(30)22(16(2)3)26-23(29)19-12-9-10-17(4)14-19/h7-14,16,22H,6,15H2,1-5H3,(H,25,28)(H,26,29). The quantitative estimate of drug-likeness (QED) is 0.701. The Morgan fingerprint density at radius 2 is 1.73 bits per heavy atom. The van der Waals surface area contributed by atoms with Crippen LogP contribution in [-0.4, -0.2) is 42.3 Å². The van der Waals surface area contributed by atoms with Gasteiger partial charge in [-0.05, 0) is 43.0 Å². The largest absolute Gasteiger partial charge is 0.340 e. The van der Waals surface area contributed by atoms with Gasteiger partial charge in [0.1, 0.15) is 6.04 Å². The first-order valence-electron chi connectivity index (χ1n) is 10.2. The number of carbonyl (C=O) groups excluding carboxylic acids is 3. The highest BCUT2D eigenvalue weighted by Gasteiger charge is 2.28. The monoisotopic (exact) mass is 409 g/mol. The van der Waals surface area contributed by atoms with Crippen molar-refractivity contribution in [1.82, 2.24) is 10.2 Å². The third-order valence-corrected chi connectivity index (χ3v) is 4.93. The third-order valence-electron chi connectivity index (χ3n) is 4.93. The van der Waals surface area contributed by atoms with E-state index in [0.29, 0.717) is 5.56 Å². The Kier molecular flexibility index (Phi) is 8.16. The highest BCUT2D eigenvalue weighted by Crippen LogP contribution is 2.15. The normalized spacial score (nSPS) is 11.7. The fraction of sp³-hybridized carbons (Fsp3) is 0.375. The van der Waals surface area contributed by atoms with E-state index >= 15 is 0 Å². The first-order chi connectivity index (χ1) is 14.2. The molecule has 1 unspecified atom stereocenters. The van der Waals surface area contributed by atoms with Crippen molar-refractivity contribution in [2.45, 2.75) is 40.2 Å². The molecule has 2 N–H and O–H groups in total. The van der Waals surface area contributed by atoms with Gasteiger partial charge in [0.25, 0.3) is 5.91 Å². The minimum absolute atomic E-state index is 0.0968. The molecule has 6 nitrogen and oxygen atoms in total. The number of rotatable bonds is 8. The van der Waals surface area contributed by atoms with Crippen LogP contribution in [0.5, 0.6) is 0 Å². The van der Waals surface area contributed by atoms with Crippen molar-refractivity contribution in [2.75, 3.05) is 18.9 Å². The van der Waals surface area contributed by atoms with Gasteiger partial charge in [-0.1, -0.05) is 56.7 Å². The Hall–Kier alpha value is -3.15. The maximum atomic E-state index is 13.0. The number of aryl methyl sites for hydroxylation is 2. The first-order valence-corrected chi connectivity index (χ1v) is 10.2. The summed E-state index contributed by atoms with van der Waals surface area (Å²) in [6, 6.07) is 14.1. The van der Waals surface area contributed by atoms with Crippen LogP contribution in [0, 0.1) is 12.8 Å². The zero-order chi connectivity index (χ0) is 22.3. The molecule has 0 saturated heterocycles. The summed E-state index contributed by atoms with van der Waals surface area (Å²) in [4.78, 5) is 39.4. The van der Waals surface area contributed by atoms with E-state index in [4.69, 9.17) is 0 Å². The molecule has 0 spiro atoms. The predicted molar refractivity (Wildman–Crippen MR) is 119 cm³/mol. The van der Waals surface area contributed by atoms with Crippen molar-refractivity contribution in [3.63, 3.8) is 0 Å². The van der Waals surface area contributed by atoms with E-state index in [1.807, 2.05) is 58.0 Å². The highest BCUT2D eigenvalue weighted by molar-refractivity contribution is 5.99. The van der Waals surface area contributed by atoms with Crippen LogP contribution in [0.25, 0.3) is 0 Å². The van der Waals surface area contributed by atoms with Gasteiger partial charge in [0.05, 0.1) is 6.54 Å². The molecule has 0 radical (unpaired) electrons. The van der Waals surface area contributed by atoms with E-state index in [0.717, 1.165) is 23.2 Å². The lowest BCUT2D eigenvalue weighted by atomic mass is 10.0. The van der Waals surface area contributed by atoms with Gasteiger partial charge in [0, 0.05) is 18.3 Å². The number of anilines is 1. The fourth-order valence-corrected chi connectivity index (χ4v) is 3.20. The lowest BCUT2D eigenvalue weighted by Gasteiger charge is -2.27. The Balaban J connectivity index is 2.03. The number of likely N-dealkylation sites (N-methyl/N-ethyl adjacent to an activating group) is 1. The number of nitrogens with zero attached hydrogens (tertiary/aromatic N) is 1. The molecule has 0 fully saturated rings. The number of carbonyl (C=O) groups is 3. The molecule has 3 amide bonds. The maximum absolute atomic E-state index is 13.0. The van der Waals surface area contributed by atoms with Gasteiger partial charge in [-0.15, -0.1) is 0 Å². The van der Waals surface area contributed by atoms with Crippen molar-refractivity contribution in [3.8, 4) is 0 Å². The van der Waals surface area contributed by atoms with Gasteiger partial charge in [0.2, 0.25) is 11.8 Å². The second-order valence-electron chi connectivity index (χ2n) is 7.82. The summed E-state index contributed by atoms with van der Waals surface area (Å²) in [6.45, 7) is 7.56. The molecule has 2 aromatic rings. The Bertz CT molecular complexity index is 908. The zero-order valence-corrected chi connectivity index (χ0v) is 18.4. The van der Waals surface area contributed by atoms with E-state index in [2.05, 4.69) is 10.6 Å². The van der Waals surface area contributed by atoms with E-state index in [1.54, 1.807) is 25.2 Å². The molecule has 0 aromatic heterocycles. The summed E-state index contributed by atoms with van der Waals surface area (Å²) in [7, 11) is 1.57. The van der Waals surface area contributed by atoms with E-state index in [-0.39, 0.29) is 30.2 Å². The van der Waals surface area contributed by atoms with Crippen molar-refractivity contribution >= 4 is 23.4 Å². The number of hydrogen-bond donors (Lipinski definition) is 2. The molecule has 0 aliphatic carbocycles. The van der Waals surface area contributed by atoms with Crippen molar-refractivity contribution < 1.29 is 14.4 Å². The lowest BCUT2D eigenvalue weighted by molar-refractivity contribution is -0.135. The van der Waals surface area contributed by atoms with Gasteiger partial charge in [0.15, 0.2) is 0 Å². The molecule has 2 rings (SSSR count). The Labute approximate surface area is 178 Å². The van der Waals surface area contributed by atoms with Crippen LogP contribution in [0.4, 0.5) is 5.69 Å². The average molecular weight is 410 g/mol. The number of amides is 3. The summed E-state index contributed by atoms with van der Waals surface area (Å²) in [5.41, 5.74) is 3.26. The average Bonchev–Trinajstić information content (AvgIpc) is 2.71. The smallest absolute Gasteiger partial charge is 0.251 e. The molecular formula is C24H31N3O3. The van der Waals surface area contributed by atoms with Gasteiger partial charge in [-0.2, -0.15) is 0 Å². The summed E-state index contributed by atoms with van der Waals surface area (Å²) in [6.07, 6.45) is 0.797. The van der Waals surface area contributed by atoms with Crippen LogP contribution in [0.2, 0.25) is 0 Å². The van der Waals surface area contributed by atoms with Crippen LogP contribution in [0.15, 0.2) is 48.5 Å².